The number of aliphatic hydroxyl groups excluding tert-OH is 1. The highest BCUT2D eigenvalue weighted by molar-refractivity contribution is 7.85. The van der Waals surface area contributed by atoms with Crippen molar-refractivity contribution in [2.75, 3.05) is 6.61 Å². The van der Waals surface area contributed by atoms with Crippen LogP contribution in [-0.4, -0.2) is 20.1 Å². The molecule has 0 spiro atoms. The SMILES string of the molecule is CCc1cccc2cc([C@@H](O)COS(=O)(=O)Cc3ccccc3)oc12. The zero-order valence-electron chi connectivity index (χ0n) is 13.9. The predicted octanol–water partition coefficient (Wildman–Crippen LogP) is 3.58. The van der Waals surface area contributed by atoms with E-state index in [1.54, 1.807) is 30.3 Å². The van der Waals surface area contributed by atoms with Crippen molar-refractivity contribution in [1.82, 2.24) is 0 Å². The maximum Gasteiger partial charge on any atom is 0.271 e. The number of aryl methyl sites for hydroxylation is 1. The molecule has 0 aliphatic rings. The Morgan fingerprint density at radius 3 is 2.60 bits per heavy atom. The Kier molecular flexibility index (Phi) is 5.22. The van der Waals surface area contributed by atoms with E-state index in [2.05, 4.69) is 0 Å². The van der Waals surface area contributed by atoms with Crippen LogP contribution in [0.4, 0.5) is 0 Å². The van der Waals surface area contributed by atoms with Gasteiger partial charge in [-0.05, 0) is 23.6 Å². The van der Waals surface area contributed by atoms with Crippen LogP contribution in [-0.2, 0) is 26.5 Å². The molecule has 25 heavy (non-hydrogen) atoms. The summed E-state index contributed by atoms with van der Waals surface area (Å²) < 4.78 is 34.8. The Morgan fingerprint density at radius 1 is 1.12 bits per heavy atom. The summed E-state index contributed by atoms with van der Waals surface area (Å²) in [7, 11) is -3.78. The Labute approximate surface area is 147 Å². The van der Waals surface area contributed by atoms with E-state index in [4.69, 9.17) is 8.60 Å². The summed E-state index contributed by atoms with van der Waals surface area (Å²) >= 11 is 0. The van der Waals surface area contributed by atoms with Gasteiger partial charge in [-0.3, -0.25) is 4.18 Å². The fourth-order valence-electron chi connectivity index (χ4n) is 2.66. The number of fused-ring (bicyclic) bond motifs is 1. The van der Waals surface area contributed by atoms with Gasteiger partial charge in [0, 0.05) is 5.39 Å². The molecule has 0 fully saturated rings. The van der Waals surface area contributed by atoms with Crippen LogP contribution in [0.3, 0.4) is 0 Å². The lowest BCUT2D eigenvalue weighted by molar-refractivity contribution is 0.0931. The first-order valence-electron chi connectivity index (χ1n) is 8.09. The van der Waals surface area contributed by atoms with Crippen LogP contribution in [0.25, 0.3) is 11.0 Å². The van der Waals surface area contributed by atoms with Gasteiger partial charge in [-0.25, -0.2) is 0 Å². The van der Waals surface area contributed by atoms with Gasteiger partial charge in [0.15, 0.2) is 0 Å². The highest BCUT2D eigenvalue weighted by Crippen LogP contribution is 2.27. The Balaban J connectivity index is 1.69. The lowest BCUT2D eigenvalue weighted by Gasteiger charge is -2.09. The number of benzene rings is 2. The number of rotatable bonds is 7. The molecular weight excluding hydrogens is 340 g/mol. The summed E-state index contributed by atoms with van der Waals surface area (Å²) in [5, 5.41) is 11.1. The van der Waals surface area contributed by atoms with E-state index in [0.29, 0.717) is 16.9 Å². The molecule has 1 heterocycles. The molecule has 1 atom stereocenters. The Hall–Kier alpha value is -2.15. The molecule has 0 amide bonds. The van der Waals surface area contributed by atoms with Crippen molar-refractivity contribution in [3.63, 3.8) is 0 Å². The maximum absolute atomic E-state index is 12.0. The second kappa shape index (κ2) is 7.39. The van der Waals surface area contributed by atoms with Gasteiger partial charge in [-0.15, -0.1) is 0 Å². The van der Waals surface area contributed by atoms with Crippen molar-refractivity contribution in [2.24, 2.45) is 0 Å². The Bertz CT molecular complexity index is 944. The highest BCUT2D eigenvalue weighted by Gasteiger charge is 2.19. The summed E-state index contributed by atoms with van der Waals surface area (Å²) in [5.41, 5.74) is 2.38. The lowest BCUT2D eigenvalue weighted by atomic mass is 10.1. The van der Waals surface area contributed by atoms with Crippen LogP contribution >= 0.6 is 0 Å². The summed E-state index contributed by atoms with van der Waals surface area (Å²) in [6.45, 7) is 1.64. The van der Waals surface area contributed by atoms with E-state index in [1.165, 1.54) is 0 Å². The van der Waals surface area contributed by atoms with E-state index in [1.807, 2.05) is 31.2 Å². The van der Waals surface area contributed by atoms with E-state index in [0.717, 1.165) is 17.4 Å². The van der Waals surface area contributed by atoms with Crippen LogP contribution in [0.1, 0.15) is 29.9 Å². The monoisotopic (exact) mass is 360 g/mol. The minimum Gasteiger partial charge on any atom is -0.458 e. The molecule has 0 unspecified atom stereocenters. The average Bonchev–Trinajstić information content (AvgIpc) is 3.04. The van der Waals surface area contributed by atoms with Gasteiger partial charge in [0.2, 0.25) is 0 Å². The molecule has 0 bridgehead atoms. The molecular formula is C19H20O5S. The van der Waals surface area contributed by atoms with E-state index < -0.39 is 16.2 Å². The predicted molar refractivity (Wildman–Crippen MR) is 95.6 cm³/mol. The molecule has 0 aliphatic heterocycles. The molecule has 6 heteroatoms. The third-order valence-corrected chi connectivity index (χ3v) is 5.13. The largest absolute Gasteiger partial charge is 0.458 e. The molecule has 1 N–H and O–H groups in total. The van der Waals surface area contributed by atoms with Crippen molar-refractivity contribution < 1.29 is 22.1 Å². The van der Waals surface area contributed by atoms with E-state index >= 15 is 0 Å². The smallest absolute Gasteiger partial charge is 0.271 e. The minimum absolute atomic E-state index is 0.235. The number of furan rings is 1. The van der Waals surface area contributed by atoms with Crippen LogP contribution < -0.4 is 0 Å². The van der Waals surface area contributed by atoms with Crippen LogP contribution in [0, 0.1) is 0 Å². The lowest BCUT2D eigenvalue weighted by Crippen LogP contribution is -2.14. The molecule has 5 nitrogen and oxygen atoms in total. The second-order valence-electron chi connectivity index (χ2n) is 5.83. The van der Waals surface area contributed by atoms with Gasteiger partial charge in [0.05, 0.1) is 6.61 Å². The second-order valence-corrected chi connectivity index (χ2v) is 7.47. The number of para-hydroxylation sites is 1. The normalized spacial score (nSPS) is 13.2. The molecule has 2 aromatic carbocycles. The van der Waals surface area contributed by atoms with Crippen molar-refractivity contribution in [2.45, 2.75) is 25.2 Å². The van der Waals surface area contributed by atoms with Crippen molar-refractivity contribution in [3.05, 3.63) is 71.5 Å². The molecule has 132 valence electrons. The van der Waals surface area contributed by atoms with Gasteiger partial charge in [0.25, 0.3) is 10.1 Å². The third-order valence-electron chi connectivity index (χ3n) is 3.95. The van der Waals surface area contributed by atoms with Gasteiger partial charge < -0.3 is 9.52 Å². The number of aliphatic hydroxyl groups is 1. The standard InChI is InChI=1S/C19H20O5S/c1-2-15-9-6-10-16-11-18(24-19(15)16)17(20)12-23-25(21,22)13-14-7-4-3-5-8-14/h3-11,17,20H,2,12-13H2,1H3/t17-/m0/s1. The first-order valence-corrected chi connectivity index (χ1v) is 9.66. The maximum atomic E-state index is 12.0. The highest BCUT2D eigenvalue weighted by atomic mass is 32.2. The summed E-state index contributed by atoms with van der Waals surface area (Å²) in [6.07, 6.45) is -0.342. The van der Waals surface area contributed by atoms with Gasteiger partial charge in [0.1, 0.15) is 23.2 Å². The first kappa shape index (κ1) is 17.7. The zero-order valence-corrected chi connectivity index (χ0v) is 14.7. The molecule has 0 saturated carbocycles. The first-order chi connectivity index (χ1) is 12.0. The Morgan fingerprint density at radius 2 is 1.88 bits per heavy atom. The number of hydrogen-bond donors (Lipinski definition) is 1. The summed E-state index contributed by atoms with van der Waals surface area (Å²) in [6, 6.07) is 16.3. The molecule has 1 aromatic heterocycles. The molecule has 3 aromatic rings. The molecule has 0 aliphatic carbocycles. The fraction of sp³-hybridized carbons (Fsp3) is 0.263. The van der Waals surface area contributed by atoms with E-state index in [-0.39, 0.29) is 12.4 Å². The van der Waals surface area contributed by atoms with Crippen LogP contribution in [0.2, 0.25) is 0 Å². The average molecular weight is 360 g/mol. The van der Waals surface area contributed by atoms with Gasteiger partial charge >= 0.3 is 0 Å². The summed E-state index contributed by atoms with van der Waals surface area (Å²) in [4.78, 5) is 0. The van der Waals surface area contributed by atoms with Crippen molar-refractivity contribution in [3.8, 4) is 0 Å². The van der Waals surface area contributed by atoms with Gasteiger partial charge in [-0.2, -0.15) is 8.42 Å². The minimum atomic E-state index is -3.78. The van der Waals surface area contributed by atoms with Crippen LogP contribution in [0.5, 0.6) is 0 Å². The van der Waals surface area contributed by atoms with Crippen molar-refractivity contribution in [1.29, 1.82) is 0 Å². The molecule has 3 rings (SSSR count). The van der Waals surface area contributed by atoms with Crippen molar-refractivity contribution >= 4 is 21.1 Å². The number of hydrogen-bond acceptors (Lipinski definition) is 5. The van der Waals surface area contributed by atoms with Crippen LogP contribution in [0.15, 0.2) is 59.0 Å². The molecule has 0 saturated heterocycles. The molecule has 0 radical (unpaired) electrons. The fourth-order valence-corrected chi connectivity index (χ4v) is 3.68. The van der Waals surface area contributed by atoms with Gasteiger partial charge in [-0.1, -0.05) is 55.5 Å². The topological polar surface area (TPSA) is 76.7 Å². The zero-order chi connectivity index (χ0) is 17.9. The quantitative estimate of drug-likeness (QED) is 0.652. The summed E-state index contributed by atoms with van der Waals surface area (Å²) in [5.74, 6) is 0.0616. The third kappa shape index (κ3) is 4.28. The van der Waals surface area contributed by atoms with E-state index in [9.17, 15) is 13.5 Å².